The number of carbonyl (C=O) groups excluding carboxylic acids is 2. The van der Waals surface area contributed by atoms with Gasteiger partial charge in [0, 0.05) is 6.54 Å². The van der Waals surface area contributed by atoms with Gasteiger partial charge in [-0.1, -0.05) is 12.1 Å². The highest BCUT2D eigenvalue weighted by Crippen LogP contribution is 2.05. The van der Waals surface area contributed by atoms with Crippen molar-refractivity contribution in [3.05, 3.63) is 35.6 Å². The van der Waals surface area contributed by atoms with Crippen molar-refractivity contribution >= 4 is 12.2 Å². The largest absolute Gasteiger partial charge is 0.345 e. The van der Waals surface area contributed by atoms with E-state index in [1.165, 1.54) is 12.1 Å². The zero-order chi connectivity index (χ0) is 13.5. The Labute approximate surface area is 104 Å². The van der Waals surface area contributed by atoms with Crippen LogP contribution in [0.2, 0.25) is 0 Å². The van der Waals surface area contributed by atoms with Crippen molar-refractivity contribution in [1.82, 2.24) is 5.32 Å². The van der Waals surface area contributed by atoms with Gasteiger partial charge in [0.25, 0.3) is 0 Å². The topological polar surface area (TPSA) is 98.2 Å². The van der Waals surface area contributed by atoms with Gasteiger partial charge >= 0.3 is 0 Å². The third kappa shape index (κ3) is 4.23. The highest BCUT2D eigenvalue weighted by molar-refractivity contribution is 5.84. The normalized spacial score (nSPS) is 13.7. The minimum atomic E-state index is -0.833. The van der Waals surface area contributed by atoms with Gasteiger partial charge in [-0.25, -0.2) is 4.39 Å². The third-order valence-corrected chi connectivity index (χ3v) is 2.45. The van der Waals surface area contributed by atoms with Crippen molar-refractivity contribution < 1.29 is 14.0 Å². The molecule has 18 heavy (non-hydrogen) atoms. The second kappa shape index (κ2) is 6.83. The lowest BCUT2D eigenvalue weighted by Gasteiger charge is -2.15. The average Bonchev–Trinajstić information content (AvgIpc) is 2.39. The fraction of sp³-hybridized carbons (Fsp3) is 0.333. The number of aldehydes is 1. The molecule has 0 fully saturated rings. The summed E-state index contributed by atoms with van der Waals surface area (Å²) in [5, 5.41) is 2.47. The number of amides is 1. The van der Waals surface area contributed by atoms with Crippen molar-refractivity contribution in [1.29, 1.82) is 0 Å². The summed E-state index contributed by atoms with van der Waals surface area (Å²) >= 11 is 0. The van der Waals surface area contributed by atoms with Gasteiger partial charge in [-0.3, -0.25) is 4.79 Å². The van der Waals surface area contributed by atoms with E-state index in [9.17, 15) is 14.0 Å². The zero-order valence-electron chi connectivity index (χ0n) is 9.80. The summed E-state index contributed by atoms with van der Waals surface area (Å²) in [5.41, 5.74) is 11.4. The van der Waals surface area contributed by atoms with Crippen LogP contribution < -0.4 is 16.8 Å². The van der Waals surface area contributed by atoms with E-state index >= 15 is 0 Å². The van der Waals surface area contributed by atoms with Gasteiger partial charge in [-0.15, -0.1) is 0 Å². The molecule has 0 aliphatic carbocycles. The van der Waals surface area contributed by atoms with E-state index in [0.29, 0.717) is 6.29 Å². The molecule has 0 spiro atoms. The van der Waals surface area contributed by atoms with Crippen molar-refractivity contribution in [2.75, 3.05) is 6.54 Å². The van der Waals surface area contributed by atoms with Gasteiger partial charge in [-0.2, -0.15) is 0 Å². The number of hydrogen-bond acceptors (Lipinski definition) is 4. The van der Waals surface area contributed by atoms with Crippen LogP contribution in [-0.2, 0) is 16.0 Å². The quantitative estimate of drug-likeness (QED) is 0.586. The van der Waals surface area contributed by atoms with Crippen LogP contribution in [-0.4, -0.2) is 30.8 Å². The van der Waals surface area contributed by atoms with Crippen LogP contribution in [0, 0.1) is 5.82 Å². The molecule has 1 rings (SSSR count). The van der Waals surface area contributed by atoms with Crippen LogP contribution in [0.5, 0.6) is 0 Å². The molecule has 5 nitrogen and oxygen atoms in total. The van der Waals surface area contributed by atoms with Crippen molar-refractivity contribution in [3.63, 3.8) is 0 Å². The second-order valence-corrected chi connectivity index (χ2v) is 3.92. The first-order valence-electron chi connectivity index (χ1n) is 5.52. The van der Waals surface area contributed by atoms with E-state index in [1.54, 1.807) is 12.1 Å². The van der Waals surface area contributed by atoms with E-state index in [0.717, 1.165) is 5.56 Å². The number of halogens is 1. The molecule has 0 saturated carbocycles. The maximum atomic E-state index is 12.7. The molecule has 0 aromatic heterocycles. The Hall–Kier alpha value is -1.79. The standard InChI is InChI=1S/C12H16FN3O2/c13-9-3-1-8(2-4-9)5-10(7-17)16-12(18)11(15)6-14/h1-4,7,10-11H,5-6,14-15H2,(H,16,18)/t10?,11-/m1/s1. The van der Waals surface area contributed by atoms with Crippen LogP contribution in [0.25, 0.3) is 0 Å². The molecule has 1 unspecified atom stereocenters. The average molecular weight is 253 g/mol. The molecule has 5 N–H and O–H groups in total. The summed E-state index contributed by atoms with van der Waals surface area (Å²) in [6.07, 6.45) is 0.900. The predicted octanol–water partition coefficient (Wildman–Crippen LogP) is -0.662. The van der Waals surface area contributed by atoms with E-state index in [4.69, 9.17) is 11.5 Å². The molecule has 1 aromatic rings. The number of nitrogens with two attached hydrogens (primary N) is 2. The Balaban J connectivity index is 2.59. The molecule has 0 aliphatic heterocycles. The number of hydrogen-bond donors (Lipinski definition) is 3. The molecule has 0 heterocycles. The fourth-order valence-corrected chi connectivity index (χ4v) is 1.40. The van der Waals surface area contributed by atoms with Crippen LogP contribution in [0.4, 0.5) is 4.39 Å². The molecule has 0 saturated heterocycles. The summed E-state index contributed by atoms with van der Waals surface area (Å²) < 4.78 is 12.7. The van der Waals surface area contributed by atoms with Crippen molar-refractivity contribution in [2.45, 2.75) is 18.5 Å². The van der Waals surface area contributed by atoms with Crippen LogP contribution >= 0.6 is 0 Å². The lowest BCUT2D eigenvalue weighted by Crippen LogP contribution is -2.49. The summed E-state index contributed by atoms with van der Waals surface area (Å²) in [5.74, 6) is -0.827. The first-order valence-corrected chi connectivity index (χ1v) is 5.52. The highest BCUT2D eigenvalue weighted by Gasteiger charge is 2.16. The molecule has 0 bridgehead atoms. The molecule has 0 radical (unpaired) electrons. The van der Waals surface area contributed by atoms with Crippen molar-refractivity contribution in [3.8, 4) is 0 Å². The van der Waals surface area contributed by atoms with Gasteiger partial charge in [0.05, 0.1) is 12.1 Å². The number of benzene rings is 1. The maximum Gasteiger partial charge on any atom is 0.238 e. The Bertz CT molecular complexity index is 408. The fourth-order valence-electron chi connectivity index (χ4n) is 1.40. The lowest BCUT2D eigenvalue weighted by molar-refractivity contribution is -0.124. The van der Waals surface area contributed by atoms with E-state index in [-0.39, 0.29) is 18.8 Å². The van der Waals surface area contributed by atoms with Crippen LogP contribution in [0.3, 0.4) is 0 Å². The van der Waals surface area contributed by atoms with E-state index < -0.39 is 18.0 Å². The molecule has 0 aliphatic rings. The SMILES string of the molecule is NC[C@@H](N)C(=O)NC(C=O)Cc1ccc(F)cc1. The first kappa shape index (κ1) is 14.3. The number of rotatable bonds is 6. The molecule has 6 heteroatoms. The van der Waals surface area contributed by atoms with Crippen molar-refractivity contribution in [2.24, 2.45) is 11.5 Å². The smallest absolute Gasteiger partial charge is 0.238 e. The molecular formula is C12H16FN3O2. The minimum Gasteiger partial charge on any atom is -0.345 e. The molecule has 2 atom stereocenters. The van der Waals surface area contributed by atoms with Gasteiger partial charge in [-0.05, 0) is 24.1 Å². The van der Waals surface area contributed by atoms with E-state index in [2.05, 4.69) is 5.32 Å². The Morgan fingerprint density at radius 3 is 2.50 bits per heavy atom. The second-order valence-electron chi connectivity index (χ2n) is 3.92. The highest BCUT2D eigenvalue weighted by atomic mass is 19.1. The number of carbonyl (C=O) groups is 2. The third-order valence-electron chi connectivity index (χ3n) is 2.45. The Morgan fingerprint density at radius 2 is 2.00 bits per heavy atom. The molecular weight excluding hydrogens is 237 g/mol. The summed E-state index contributed by atoms with van der Waals surface area (Å²) in [6, 6.07) is 4.18. The summed E-state index contributed by atoms with van der Waals surface area (Å²) in [6.45, 7) is 0.00790. The number of nitrogens with one attached hydrogen (secondary N) is 1. The molecule has 1 amide bonds. The monoisotopic (exact) mass is 253 g/mol. The Kier molecular flexibility index (Phi) is 5.41. The summed E-state index contributed by atoms with van der Waals surface area (Å²) in [7, 11) is 0. The zero-order valence-corrected chi connectivity index (χ0v) is 9.80. The molecule has 98 valence electrons. The van der Waals surface area contributed by atoms with Gasteiger partial charge in [0.1, 0.15) is 12.1 Å². The Morgan fingerprint density at radius 1 is 1.39 bits per heavy atom. The maximum absolute atomic E-state index is 12.7. The molecule has 1 aromatic carbocycles. The van der Waals surface area contributed by atoms with E-state index in [1.807, 2.05) is 0 Å². The lowest BCUT2D eigenvalue weighted by atomic mass is 10.1. The first-order chi connectivity index (χ1) is 8.56. The van der Waals surface area contributed by atoms with Crippen LogP contribution in [0.15, 0.2) is 24.3 Å². The van der Waals surface area contributed by atoms with Gasteiger partial charge in [0.15, 0.2) is 0 Å². The minimum absolute atomic E-state index is 0.00790. The van der Waals surface area contributed by atoms with Gasteiger partial charge < -0.3 is 21.6 Å². The predicted molar refractivity (Wildman–Crippen MR) is 65.1 cm³/mol. The van der Waals surface area contributed by atoms with Crippen LogP contribution in [0.1, 0.15) is 5.56 Å². The summed E-state index contributed by atoms with van der Waals surface area (Å²) in [4.78, 5) is 22.3. The van der Waals surface area contributed by atoms with Gasteiger partial charge in [0.2, 0.25) is 5.91 Å².